The lowest BCUT2D eigenvalue weighted by molar-refractivity contribution is 0.0520. The van der Waals surface area contributed by atoms with Gasteiger partial charge in [-0.3, -0.25) is 0 Å². The average molecular weight is 258 g/mol. The summed E-state index contributed by atoms with van der Waals surface area (Å²) in [5.41, 5.74) is 1.64. The Balaban J connectivity index is 1.79. The number of amides is 1. The summed E-state index contributed by atoms with van der Waals surface area (Å²) in [6.07, 6.45) is 1.60. The standard InChI is InChI=1S/C13H14N4O2/c18-13(16-6-8-19-9-7-16)17-14-10-12(15-17)11-4-2-1-3-5-11/h1-5,10H,6-9H2. The van der Waals surface area contributed by atoms with E-state index in [4.69, 9.17) is 4.74 Å². The van der Waals surface area contributed by atoms with E-state index in [1.165, 1.54) is 0 Å². The number of ether oxygens (including phenoxy) is 1. The van der Waals surface area contributed by atoms with Gasteiger partial charge in [0.25, 0.3) is 0 Å². The number of aromatic nitrogens is 3. The summed E-state index contributed by atoms with van der Waals surface area (Å²) in [4.78, 5) is 15.0. The molecule has 2 heterocycles. The predicted octanol–water partition coefficient (Wildman–Crippen LogP) is 1.25. The van der Waals surface area contributed by atoms with E-state index >= 15 is 0 Å². The smallest absolute Gasteiger partial charge is 0.362 e. The Bertz CT molecular complexity index is 561. The van der Waals surface area contributed by atoms with Crippen molar-refractivity contribution >= 4 is 6.03 Å². The molecule has 0 N–H and O–H groups in total. The molecule has 19 heavy (non-hydrogen) atoms. The highest BCUT2D eigenvalue weighted by Gasteiger charge is 2.20. The van der Waals surface area contributed by atoms with Crippen molar-refractivity contribution in [1.29, 1.82) is 0 Å². The molecule has 0 unspecified atom stereocenters. The summed E-state index contributed by atoms with van der Waals surface area (Å²) in [6.45, 7) is 2.30. The second kappa shape index (κ2) is 5.19. The molecule has 0 atom stereocenters. The fourth-order valence-electron chi connectivity index (χ4n) is 1.98. The molecule has 0 radical (unpaired) electrons. The van der Waals surface area contributed by atoms with Crippen molar-refractivity contribution in [3.8, 4) is 11.3 Å². The van der Waals surface area contributed by atoms with Gasteiger partial charge in [-0.1, -0.05) is 35.1 Å². The summed E-state index contributed by atoms with van der Waals surface area (Å²) < 4.78 is 5.22. The van der Waals surface area contributed by atoms with Crippen LogP contribution in [0.3, 0.4) is 0 Å². The van der Waals surface area contributed by atoms with E-state index in [1.54, 1.807) is 11.1 Å². The number of rotatable bonds is 1. The van der Waals surface area contributed by atoms with E-state index in [9.17, 15) is 4.79 Å². The summed E-state index contributed by atoms with van der Waals surface area (Å²) in [5.74, 6) is 0. The van der Waals surface area contributed by atoms with Crippen LogP contribution in [-0.4, -0.2) is 52.2 Å². The van der Waals surface area contributed by atoms with Crippen LogP contribution < -0.4 is 0 Å². The molecular formula is C13H14N4O2. The highest BCUT2D eigenvalue weighted by molar-refractivity contribution is 5.75. The Morgan fingerprint density at radius 1 is 1.16 bits per heavy atom. The van der Waals surface area contributed by atoms with Crippen molar-refractivity contribution in [2.45, 2.75) is 0 Å². The summed E-state index contributed by atoms with van der Waals surface area (Å²) in [6, 6.07) is 9.47. The van der Waals surface area contributed by atoms with E-state index in [-0.39, 0.29) is 6.03 Å². The minimum absolute atomic E-state index is 0.203. The molecule has 0 bridgehead atoms. The van der Waals surface area contributed by atoms with Gasteiger partial charge in [0.2, 0.25) is 0 Å². The molecule has 1 amide bonds. The van der Waals surface area contributed by atoms with E-state index in [1.807, 2.05) is 30.3 Å². The van der Waals surface area contributed by atoms with Crippen molar-refractivity contribution in [1.82, 2.24) is 19.9 Å². The molecule has 98 valence electrons. The molecule has 6 nitrogen and oxygen atoms in total. The maximum Gasteiger partial charge on any atom is 0.362 e. The normalized spacial score (nSPS) is 15.5. The molecule has 3 rings (SSSR count). The molecule has 0 saturated carbocycles. The molecule has 2 aromatic rings. The highest BCUT2D eigenvalue weighted by Crippen LogP contribution is 2.14. The van der Waals surface area contributed by atoms with E-state index < -0.39 is 0 Å². The van der Waals surface area contributed by atoms with Crippen LogP contribution in [0.4, 0.5) is 4.79 Å². The molecule has 6 heteroatoms. The fraction of sp³-hybridized carbons (Fsp3) is 0.308. The maximum absolute atomic E-state index is 12.2. The van der Waals surface area contributed by atoms with Crippen molar-refractivity contribution < 1.29 is 9.53 Å². The maximum atomic E-state index is 12.2. The Hall–Kier alpha value is -2.21. The number of carbonyl (C=O) groups is 1. The summed E-state index contributed by atoms with van der Waals surface area (Å²) in [7, 11) is 0. The monoisotopic (exact) mass is 258 g/mol. The number of nitrogens with zero attached hydrogens (tertiary/aromatic N) is 4. The summed E-state index contributed by atoms with van der Waals surface area (Å²) >= 11 is 0. The molecule has 0 spiro atoms. The van der Waals surface area contributed by atoms with Crippen LogP contribution in [0.2, 0.25) is 0 Å². The van der Waals surface area contributed by atoms with Gasteiger partial charge in [0.15, 0.2) is 0 Å². The van der Waals surface area contributed by atoms with Gasteiger partial charge in [-0.2, -0.15) is 5.10 Å². The van der Waals surface area contributed by atoms with Gasteiger partial charge in [-0.15, -0.1) is 5.10 Å². The van der Waals surface area contributed by atoms with Gasteiger partial charge in [0.05, 0.1) is 19.4 Å². The zero-order valence-electron chi connectivity index (χ0n) is 10.4. The van der Waals surface area contributed by atoms with Crippen LogP contribution in [0.1, 0.15) is 0 Å². The molecule has 1 aromatic heterocycles. The Labute approximate surface area is 110 Å². The summed E-state index contributed by atoms with van der Waals surface area (Å²) in [5, 5.41) is 8.27. The molecule has 0 aliphatic carbocycles. The van der Waals surface area contributed by atoms with Gasteiger partial charge in [-0.05, 0) is 0 Å². The van der Waals surface area contributed by atoms with Crippen LogP contribution >= 0.6 is 0 Å². The number of benzene rings is 1. The second-order valence-electron chi connectivity index (χ2n) is 4.27. The third kappa shape index (κ3) is 2.48. The fourth-order valence-corrected chi connectivity index (χ4v) is 1.98. The lowest BCUT2D eigenvalue weighted by Crippen LogP contribution is -2.43. The third-order valence-electron chi connectivity index (χ3n) is 3.01. The van der Waals surface area contributed by atoms with Crippen molar-refractivity contribution in [2.24, 2.45) is 0 Å². The largest absolute Gasteiger partial charge is 0.378 e. The highest BCUT2D eigenvalue weighted by atomic mass is 16.5. The molecule has 1 fully saturated rings. The molecule has 1 saturated heterocycles. The average Bonchev–Trinajstić information content (AvgIpc) is 2.98. The quantitative estimate of drug-likeness (QED) is 0.772. The van der Waals surface area contributed by atoms with Crippen molar-refractivity contribution in [2.75, 3.05) is 26.3 Å². The number of hydrogen-bond donors (Lipinski definition) is 0. The molecule has 1 aliphatic rings. The molecule has 1 aromatic carbocycles. The Morgan fingerprint density at radius 3 is 2.63 bits per heavy atom. The van der Waals surface area contributed by atoms with Crippen molar-refractivity contribution in [3.63, 3.8) is 0 Å². The van der Waals surface area contributed by atoms with Crippen LogP contribution in [0.15, 0.2) is 36.5 Å². The zero-order chi connectivity index (χ0) is 13.1. The van der Waals surface area contributed by atoms with Crippen LogP contribution in [0.5, 0.6) is 0 Å². The van der Waals surface area contributed by atoms with E-state index in [0.29, 0.717) is 32.0 Å². The molecular weight excluding hydrogens is 244 g/mol. The van der Waals surface area contributed by atoms with E-state index in [2.05, 4.69) is 10.2 Å². The van der Waals surface area contributed by atoms with Crippen LogP contribution in [0, 0.1) is 0 Å². The van der Waals surface area contributed by atoms with Crippen LogP contribution in [0.25, 0.3) is 11.3 Å². The number of carbonyl (C=O) groups excluding carboxylic acids is 1. The first kappa shape index (κ1) is 11.9. The first-order chi connectivity index (χ1) is 9.34. The van der Waals surface area contributed by atoms with Gasteiger partial charge in [-0.25, -0.2) is 4.79 Å². The lowest BCUT2D eigenvalue weighted by atomic mass is 10.2. The second-order valence-corrected chi connectivity index (χ2v) is 4.27. The van der Waals surface area contributed by atoms with E-state index in [0.717, 1.165) is 10.4 Å². The van der Waals surface area contributed by atoms with Gasteiger partial charge in [0.1, 0.15) is 5.69 Å². The topological polar surface area (TPSA) is 60.2 Å². The SMILES string of the molecule is O=C(N1CCOCC1)n1ncc(-c2ccccc2)n1. The van der Waals surface area contributed by atoms with Crippen LogP contribution in [-0.2, 0) is 4.74 Å². The first-order valence-electron chi connectivity index (χ1n) is 6.19. The number of morpholine rings is 1. The van der Waals surface area contributed by atoms with Gasteiger partial charge < -0.3 is 9.64 Å². The predicted molar refractivity (Wildman–Crippen MR) is 68.6 cm³/mol. The van der Waals surface area contributed by atoms with Gasteiger partial charge >= 0.3 is 6.03 Å². The number of hydrogen-bond acceptors (Lipinski definition) is 4. The zero-order valence-corrected chi connectivity index (χ0v) is 10.4. The Kier molecular flexibility index (Phi) is 3.24. The lowest BCUT2D eigenvalue weighted by Gasteiger charge is -2.25. The minimum atomic E-state index is -0.203. The Morgan fingerprint density at radius 2 is 1.89 bits per heavy atom. The third-order valence-corrected chi connectivity index (χ3v) is 3.01. The van der Waals surface area contributed by atoms with Crippen molar-refractivity contribution in [3.05, 3.63) is 36.5 Å². The van der Waals surface area contributed by atoms with Gasteiger partial charge in [0, 0.05) is 18.7 Å². The first-order valence-corrected chi connectivity index (χ1v) is 6.19. The molecule has 1 aliphatic heterocycles. The minimum Gasteiger partial charge on any atom is -0.378 e.